The maximum absolute atomic E-state index is 14.3. The lowest BCUT2D eigenvalue weighted by atomic mass is 9.93. The molecule has 1 N–H and O–H groups in total. The molecule has 0 atom stereocenters. The fourth-order valence-corrected chi connectivity index (χ4v) is 3.19. The molecule has 1 saturated heterocycles. The first-order valence-electron chi connectivity index (χ1n) is 8.68. The fourth-order valence-electron chi connectivity index (χ4n) is 2.96. The number of rotatable bonds is 3. The molecule has 8 nitrogen and oxygen atoms in total. The molecule has 1 fully saturated rings. The number of nitrogens with zero attached hydrogens (tertiary/aromatic N) is 5. The van der Waals surface area contributed by atoms with E-state index in [1.165, 1.54) is 29.1 Å². The summed E-state index contributed by atoms with van der Waals surface area (Å²) in [6.45, 7) is 1.92. The molecule has 146 valence electrons. The van der Waals surface area contributed by atoms with E-state index in [-0.39, 0.29) is 39.3 Å². The summed E-state index contributed by atoms with van der Waals surface area (Å²) in [6, 6.07) is 3.99. The molecule has 3 aromatic rings. The minimum Gasteiger partial charge on any atom is -0.506 e. The van der Waals surface area contributed by atoms with Gasteiger partial charge >= 0.3 is 0 Å². The SMILES string of the molecule is [B]c1cc(Cl)c(O)c(-c2nn(-c3ncc(F)c(N4CCOCC4)n3)ccc2=O)c1. The van der Waals surface area contributed by atoms with E-state index in [0.717, 1.165) is 6.20 Å². The molecule has 1 aromatic carbocycles. The molecule has 0 spiro atoms. The molecule has 1 aliphatic heterocycles. The van der Waals surface area contributed by atoms with Crippen LogP contribution in [0.25, 0.3) is 17.2 Å². The standard InChI is InChI=1S/C18H14BClFN5O3/c19-10-7-11(16(28)12(20)8-10)15-14(27)1-2-26(24-15)18-22-9-13(21)17(23-18)25-3-5-29-6-4-25/h1-2,7-9,28H,3-6H2. The first kappa shape index (κ1) is 19.3. The van der Waals surface area contributed by atoms with Gasteiger partial charge in [0.1, 0.15) is 19.3 Å². The maximum atomic E-state index is 14.3. The molecule has 0 amide bonds. The van der Waals surface area contributed by atoms with E-state index in [0.29, 0.717) is 26.3 Å². The van der Waals surface area contributed by atoms with Crippen LogP contribution < -0.4 is 15.8 Å². The largest absolute Gasteiger partial charge is 0.506 e. The lowest BCUT2D eigenvalue weighted by Crippen LogP contribution is -2.37. The summed E-state index contributed by atoms with van der Waals surface area (Å²) in [7, 11) is 5.77. The summed E-state index contributed by atoms with van der Waals surface area (Å²) in [5.41, 5.74) is -0.231. The molecule has 29 heavy (non-hydrogen) atoms. The Morgan fingerprint density at radius 3 is 2.79 bits per heavy atom. The predicted molar refractivity (Wildman–Crippen MR) is 106 cm³/mol. The second kappa shape index (κ2) is 7.80. The highest BCUT2D eigenvalue weighted by Gasteiger charge is 2.19. The van der Waals surface area contributed by atoms with E-state index >= 15 is 0 Å². The summed E-state index contributed by atoms with van der Waals surface area (Å²) in [5, 5.41) is 14.4. The Hall–Kier alpha value is -2.98. The van der Waals surface area contributed by atoms with Crippen molar-refractivity contribution in [1.29, 1.82) is 0 Å². The Kier molecular flexibility index (Phi) is 5.21. The third kappa shape index (κ3) is 3.81. The molecule has 0 bridgehead atoms. The first-order valence-corrected chi connectivity index (χ1v) is 9.06. The number of hydrogen-bond acceptors (Lipinski definition) is 7. The zero-order valence-electron chi connectivity index (χ0n) is 15.0. The predicted octanol–water partition coefficient (Wildman–Crippen LogP) is 0.818. The molecule has 11 heteroatoms. The molecule has 1 aliphatic rings. The van der Waals surface area contributed by atoms with Crippen molar-refractivity contribution in [2.24, 2.45) is 0 Å². The van der Waals surface area contributed by atoms with Gasteiger partial charge in [0.15, 0.2) is 11.6 Å². The van der Waals surface area contributed by atoms with Crippen molar-refractivity contribution >= 4 is 30.7 Å². The van der Waals surface area contributed by atoms with Crippen molar-refractivity contribution in [2.75, 3.05) is 31.2 Å². The number of morpholine rings is 1. The number of benzene rings is 1. The van der Waals surface area contributed by atoms with Gasteiger partial charge in [0.25, 0.3) is 5.95 Å². The van der Waals surface area contributed by atoms with Crippen LogP contribution in [0.15, 0.2) is 35.4 Å². The summed E-state index contributed by atoms with van der Waals surface area (Å²) in [6.07, 6.45) is 2.40. The van der Waals surface area contributed by atoms with Crippen LogP contribution in [-0.4, -0.2) is 59.0 Å². The summed E-state index contributed by atoms with van der Waals surface area (Å²) >= 11 is 5.95. The number of aromatic hydroxyl groups is 1. The van der Waals surface area contributed by atoms with Gasteiger partial charge in [0.2, 0.25) is 5.43 Å². The summed E-state index contributed by atoms with van der Waals surface area (Å²) < 4.78 is 20.8. The van der Waals surface area contributed by atoms with Crippen LogP contribution in [0, 0.1) is 5.82 Å². The third-order valence-electron chi connectivity index (χ3n) is 4.38. The van der Waals surface area contributed by atoms with Gasteiger partial charge < -0.3 is 14.7 Å². The molecule has 0 saturated carbocycles. The number of ether oxygens (including phenoxy) is 1. The molecule has 2 radical (unpaired) electrons. The number of aromatic nitrogens is 4. The van der Waals surface area contributed by atoms with Gasteiger partial charge in [-0.15, -0.1) is 0 Å². The van der Waals surface area contributed by atoms with E-state index in [1.807, 2.05) is 0 Å². The molecular formula is C18H14BClFN5O3. The van der Waals surface area contributed by atoms with Crippen molar-refractivity contribution in [3.05, 3.63) is 51.7 Å². The Morgan fingerprint density at radius 2 is 2.03 bits per heavy atom. The number of anilines is 1. The van der Waals surface area contributed by atoms with Gasteiger partial charge in [-0.05, 0) is 6.07 Å². The lowest BCUT2D eigenvalue weighted by molar-refractivity contribution is 0.122. The van der Waals surface area contributed by atoms with Crippen LogP contribution in [0.5, 0.6) is 5.75 Å². The Balaban J connectivity index is 1.80. The molecule has 2 aromatic heterocycles. The highest BCUT2D eigenvalue weighted by molar-refractivity contribution is 6.37. The highest BCUT2D eigenvalue weighted by Crippen LogP contribution is 2.31. The van der Waals surface area contributed by atoms with Crippen LogP contribution in [0.4, 0.5) is 10.2 Å². The van der Waals surface area contributed by atoms with Gasteiger partial charge in [-0.3, -0.25) is 4.79 Å². The lowest BCUT2D eigenvalue weighted by Gasteiger charge is -2.28. The Morgan fingerprint density at radius 1 is 1.28 bits per heavy atom. The van der Waals surface area contributed by atoms with Crippen molar-refractivity contribution < 1.29 is 14.2 Å². The minimum absolute atomic E-state index is 0.00996. The fraction of sp³-hybridized carbons (Fsp3) is 0.222. The summed E-state index contributed by atoms with van der Waals surface area (Å²) in [5.74, 6) is -0.715. The first-order chi connectivity index (χ1) is 13.9. The maximum Gasteiger partial charge on any atom is 0.252 e. The van der Waals surface area contributed by atoms with Gasteiger partial charge in [0, 0.05) is 30.9 Å². The highest BCUT2D eigenvalue weighted by atomic mass is 35.5. The van der Waals surface area contributed by atoms with E-state index in [4.69, 9.17) is 24.2 Å². The molecule has 0 aliphatic carbocycles. The van der Waals surface area contributed by atoms with Gasteiger partial charge in [-0.1, -0.05) is 23.1 Å². The molecule has 0 unspecified atom stereocenters. The molecular weight excluding hydrogens is 399 g/mol. The van der Waals surface area contributed by atoms with E-state index in [2.05, 4.69) is 15.1 Å². The van der Waals surface area contributed by atoms with Gasteiger partial charge in [-0.2, -0.15) is 10.1 Å². The molecule has 4 rings (SSSR count). The number of phenolic OH excluding ortho intramolecular Hbond substituents is 1. The van der Waals surface area contributed by atoms with Crippen LogP contribution in [0.3, 0.4) is 0 Å². The average Bonchev–Trinajstić information content (AvgIpc) is 2.72. The Labute approximate surface area is 171 Å². The van der Waals surface area contributed by atoms with E-state index < -0.39 is 11.2 Å². The van der Waals surface area contributed by atoms with E-state index in [1.54, 1.807) is 4.90 Å². The second-order valence-corrected chi connectivity index (χ2v) is 6.72. The van der Waals surface area contributed by atoms with Crippen molar-refractivity contribution in [1.82, 2.24) is 19.7 Å². The number of halogens is 2. The molecule has 3 heterocycles. The van der Waals surface area contributed by atoms with Crippen molar-refractivity contribution in [2.45, 2.75) is 0 Å². The average molecular weight is 414 g/mol. The van der Waals surface area contributed by atoms with Crippen LogP contribution >= 0.6 is 11.6 Å². The van der Waals surface area contributed by atoms with Crippen molar-refractivity contribution in [3.63, 3.8) is 0 Å². The van der Waals surface area contributed by atoms with Crippen LogP contribution in [0.1, 0.15) is 0 Å². The minimum atomic E-state index is -0.572. The smallest absolute Gasteiger partial charge is 0.252 e. The number of phenols is 1. The summed E-state index contributed by atoms with van der Waals surface area (Å²) in [4.78, 5) is 22.3. The zero-order chi connectivity index (χ0) is 20.5. The topological polar surface area (TPSA) is 93.4 Å². The van der Waals surface area contributed by atoms with E-state index in [9.17, 15) is 14.3 Å². The zero-order valence-corrected chi connectivity index (χ0v) is 15.8. The second-order valence-electron chi connectivity index (χ2n) is 6.31. The normalized spacial score (nSPS) is 14.2. The van der Waals surface area contributed by atoms with Crippen LogP contribution in [-0.2, 0) is 4.74 Å². The number of hydrogen-bond donors (Lipinski definition) is 1. The van der Waals surface area contributed by atoms with Gasteiger partial charge in [0.05, 0.1) is 24.4 Å². The third-order valence-corrected chi connectivity index (χ3v) is 4.67. The Bertz CT molecular complexity index is 1140. The quantitative estimate of drug-likeness (QED) is 0.635. The van der Waals surface area contributed by atoms with Crippen molar-refractivity contribution in [3.8, 4) is 23.0 Å². The van der Waals surface area contributed by atoms with Crippen LogP contribution in [0.2, 0.25) is 5.02 Å². The monoisotopic (exact) mass is 413 g/mol. The van der Waals surface area contributed by atoms with Gasteiger partial charge in [-0.25, -0.2) is 14.1 Å².